The van der Waals surface area contributed by atoms with Crippen molar-refractivity contribution in [3.05, 3.63) is 35.4 Å². The molecule has 23 heavy (non-hydrogen) atoms. The molecule has 0 aliphatic heterocycles. The molecule has 0 N–H and O–H groups in total. The SMILES string of the molecule is CCCC(CC)COC(=O)c1ccccc1C(=O)OCC(C)C. The van der Waals surface area contributed by atoms with Crippen molar-refractivity contribution in [1.82, 2.24) is 0 Å². The first-order chi connectivity index (χ1) is 11.0. The van der Waals surface area contributed by atoms with E-state index in [0.717, 1.165) is 19.3 Å². The number of hydrogen-bond acceptors (Lipinski definition) is 4. The van der Waals surface area contributed by atoms with Crippen LogP contribution in [0.1, 0.15) is 67.7 Å². The summed E-state index contributed by atoms with van der Waals surface area (Å²) in [5.41, 5.74) is 0.536. The van der Waals surface area contributed by atoms with Crippen LogP contribution in [-0.4, -0.2) is 25.2 Å². The van der Waals surface area contributed by atoms with Gasteiger partial charge in [-0.05, 0) is 30.4 Å². The molecule has 0 fully saturated rings. The molecule has 1 aromatic carbocycles. The highest BCUT2D eigenvalue weighted by molar-refractivity contribution is 6.03. The van der Waals surface area contributed by atoms with Gasteiger partial charge in [0.05, 0.1) is 24.3 Å². The zero-order valence-corrected chi connectivity index (χ0v) is 14.6. The van der Waals surface area contributed by atoms with Gasteiger partial charge >= 0.3 is 11.9 Å². The van der Waals surface area contributed by atoms with E-state index in [4.69, 9.17) is 9.47 Å². The fraction of sp³-hybridized carbons (Fsp3) is 0.579. The Bertz CT molecular complexity index is 508. The molecular formula is C19H28O4. The standard InChI is InChI=1S/C19H28O4/c1-5-9-15(6-2)13-23-19(21)17-11-8-7-10-16(17)18(20)22-12-14(3)4/h7-8,10-11,14-15H,5-6,9,12-13H2,1-4H3. The van der Waals surface area contributed by atoms with Crippen LogP contribution >= 0.6 is 0 Å². The lowest BCUT2D eigenvalue weighted by Crippen LogP contribution is -2.18. The summed E-state index contributed by atoms with van der Waals surface area (Å²) in [6.45, 7) is 8.85. The van der Waals surface area contributed by atoms with Crippen molar-refractivity contribution in [2.24, 2.45) is 11.8 Å². The average Bonchev–Trinajstić information content (AvgIpc) is 2.56. The minimum atomic E-state index is -0.480. The minimum absolute atomic E-state index is 0.248. The number of hydrogen-bond donors (Lipinski definition) is 0. The fourth-order valence-corrected chi connectivity index (χ4v) is 2.24. The molecule has 1 aromatic rings. The highest BCUT2D eigenvalue weighted by Crippen LogP contribution is 2.15. The number of carbonyl (C=O) groups is 2. The van der Waals surface area contributed by atoms with Crippen molar-refractivity contribution in [1.29, 1.82) is 0 Å². The summed E-state index contributed by atoms with van der Waals surface area (Å²) in [6, 6.07) is 6.64. The molecule has 1 unspecified atom stereocenters. The lowest BCUT2D eigenvalue weighted by Gasteiger charge is -2.15. The summed E-state index contributed by atoms with van der Waals surface area (Å²) in [4.78, 5) is 24.4. The van der Waals surface area contributed by atoms with Crippen LogP contribution in [0.5, 0.6) is 0 Å². The summed E-state index contributed by atoms with van der Waals surface area (Å²) in [5.74, 6) is -0.329. The Morgan fingerprint density at radius 2 is 1.48 bits per heavy atom. The van der Waals surface area contributed by atoms with Crippen LogP contribution in [0, 0.1) is 11.8 Å². The second kappa shape index (κ2) is 10.0. The fourth-order valence-electron chi connectivity index (χ4n) is 2.24. The lowest BCUT2D eigenvalue weighted by molar-refractivity contribution is 0.0395. The van der Waals surface area contributed by atoms with E-state index in [9.17, 15) is 9.59 Å². The number of benzene rings is 1. The van der Waals surface area contributed by atoms with Gasteiger partial charge < -0.3 is 9.47 Å². The Labute approximate surface area is 139 Å². The van der Waals surface area contributed by atoms with Gasteiger partial charge in [-0.15, -0.1) is 0 Å². The van der Waals surface area contributed by atoms with Crippen molar-refractivity contribution in [3.63, 3.8) is 0 Å². The maximum Gasteiger partial charge on any atom is 0.339 e. The molecule has 4 nitrogen and oxygen atoms in total. The van der Waals surface area contributed by atoms with E-state index >= 15 is 0 Å². The van der Waals surface area contributed by atoms with Gasteiger partial charge in [-0.3, -0.25) is 0 Å². The first kappa shape index (κ1) is 19.2. The summed E-state index contributed by atoms with van der Waals surface area (Å²) in [5, 5.41) is 0. The Kier molecular flexibility index (Phi) is 8.38. The molecule has 4 heteroatoms. The van der Waals surface area contributed by atoms with Gasteiger partial charge in [-0.2, -0.15) is 0 Å². The maximum absolute atomic E-state index is 12.3. The van der Waals surface area contributed by atoms with Crippen LogP contribution in [-0.2, 0) is 9.47 Å². The van der Waals surface area contributed by atoms with Crippen molar-refractivity contribution in [2.45, 2.75) is 47.0 Å². The van der Waals surface area contributed by atoms with Gasteiger partial charge in [0.15, 0.2) is 0 Å². The Hall–Kier alpha value is -1.84. The summed E-state index contributed by atoms with van der Waals surface area (Å²) < 4.78 is 10.6. The van der Waals surface area contributed by atoms with E-state index in [-0.39, 0.29) is 17.0 Å². The molecule has 0 heterocycles. The molecular weight excluding hydrogens is 292 g/mol. The second-order valence-corrected chi connectivity index (χ2v) is 6.20. The highest BCUT2D eigenvalue weighted by atomic mass is 16.5. The molecule has 0 amide bonds. The number of carbonyl (C=O) groups excluding carboxylic acids is 2. The maximum atomic E-state index is 12.3. The van der Waals surface area contributed by atoms with Crippen molar-refractivity contribution in [2.75, 3.05) is 13.2 Å². The predicted octanol–water partition coefficient (Wildman–Crippen LogP) is 4.48. The third-order valence-corrected chi connectivity index (χ3v) is 3.64. The number of ether oxygens (including phenoxy) is 2. The summed E-state index contributed by atoms with van der Waals surface area (Å²) in [7, 11) is 0. The molecule has 0 bridgehead atoms. The van der Waals surface area contributed by atoms with E-state index in [1.165, 1.54) is 0 Å². The largest absolute Gasteiger partial charge is 0.462 e. The van der Waals surface area contributed by atoms with Crippen molar-refractivity contribution in [3.8, 4) is 0 Å². The zero-order valence-electron chi connectivity index (χ0n) is 14.6. The van der Waals surface area contributed by atoms with Crippen molar-refractivity contribution >= 4 is 11.9 Å². The predicted molar refractivity (Wildman–Crippen MR) is 90.5 cm³/mol. The molecule has 0 aliphatic rings. The first-order valence-electron chi connectivity index (χ1n) is 8.42. The Morgan fingerprint density at radius 1 is 0.957 bits per heavy atom. The molecule has 0 radical (unpaired) electrons. The number of esters is 2. The van der Waals surface area contributed by atoms with Gasteiger partial charge in [0.2, 0.25) is 0 Å². The summed E-state index contributed by atoms with van der Waals surface area (Å²) in [6.07, 6.45) is 3.06. The Balaban J connectivity index is 2.75. The smallest absolute Gasteiger partial charge is 0.339 e. The van der Waals surface area contributed by atoms with Crippen LogP contribution < -0.4 is 0 Å². The third-order valence-electron chi connectivity index (χ3n) is 3.64. The van der Waals surface area contributed by atoms with Gasteiger partial charge in [-0.1, -0.05) is 52.7 Å². The average molecular weight is 320 g/mol. The molecule has 0 saturated heterocycles. The normalized spacial score (nSPS) is 12.0. The number of rotatable bonds is 9. The molecule has 0 aliphatic carbocycles. The van der Waals surface area contributed by atoms with Gasteiger partial charge in [-0.25, -0.2) is 9.59 Å². The zero-order chi connectivity index (χ0) is 17.2. The van der Waals surface area contributed by atoms with Gasteiger partial charge in [0.1, 0.15) is 0 Å². The van der Waals surface area contributed by atoms with E-state index in [0.29, 0.717) is 19.1 Å². The van der Waals surface area contributed by atoms with E-state index < -0.39 is 11.9 Å². The van der Waals surface area contributed by atoms with Crippen LogP contribution in [0.15, 0.2) is 24.3 Å². The first-order valence-corrected chi connectivity index (χ1v) is 8.42. The summed E-state index contributed by atoms with van der Waals surface area (Å²) >= 11 is 0. The topological polar surface area (TPSA) is 52.6 Å². The molecule has 0 aromatic heterocycles. The van der Waals surface area contributed by atoms with E-state index in [1.807, 2.05) is 13.8 Å². The molecule has 1 rings (SSSR count). The lowest BCUT2D eigenvalue weighted by atomic mass is 10.0. The molecule has 128 valence electrons. The molecule has 0 spiro atoms. The third kappa shape index (κ3) is 6.43. The van der Waals surface area contributed by atoms with E-state index in [1.54, 1.807) is 24.3 Å². The van der Waals surface area contributed by atoms with E-state index in [2.05, 4.69) is 13.8 Å². The quantitative estimate of drug-likeness (QED) is 0.629. The minimum Gasteiger partial charge on any atom is -0.462 e. The molecule has 1 atom stereocenters. The monoisotopic (exact) mass is 320 g/mol. The van der Waals surface area contributed by atoms with Gasteiger partial charge in [0.25, 0.3) is 0 Å². The molecule has 0 saturated carbocycles. The highest BCUT2D eigenvalue weighted by Gasteiger charge is 2.20. The van der Waals surface area contributed by atoms with Crippen LogP contribution in [0.25, 0.3) is 0 Å². The van der Waals surface area contributed by atoms with Crippen molar-refractivity contribution < 1.29 is 19.1 Å². The Morgan fingerprint density at radius 3 is 1.91 bits per heavy atom. The van der Waals surface area contributed by atoms with Crippen LogP contribution in [0.2, 0.25) is 0 Å². The van der Waals surface area contributed by atoms with Crippen LogP contribution in [0.3, 0.4) is 0 Å². The van der Waals surface area contributed by atoms with Crippen LogP contribution in [0.4, 0.5) is 0 Å². The van der Waals surface area contributed by atoms with Gasteiger partial charge in [0, 0.05) is 0 Å². The second-order valence-electron chi connectivity index (χ2n) is 6.20.